The van der Waals surface area contributed by atoms with Crippen molar-refractivity contribution in [2.75, 3.05) is 0 Å². The molecule has 1 aliphatic rings. The van der Waals surface area contributed by atoms with Crippen LogP contribution in [0.4, 0.5) is 0 Å². The van der Waals surface area contributed by atoms with Gasteiger partial charge in [0.15, 0.2) is 5.96 Å². The molecule has 4 heteroatoms. The molecule has 1 aliphatic carbocycles. The molecule has 0 bridgehead atoms. The van der Waals surface area contributed by atoms with Crippen molar-refractivity contribution in [3.05, 3.63) is 31.6 Å². The lowest BCUT2D eigenvalue weighted by Gasteiger charge is -1.99. The third kappa shape index (κ3) is 2.22. The summed E-state index contributed by atoms with van der Waals surface area (Å²) in [5.41, 5.74) is 10.0. The Morgan fingerprint density at radius 2 is 1.82 bits per heavy atom. The van der Waals surface area contributed by atoms with Crippen LogP contribution >= 0.6 is 0 Å². The lowest BCUT2D eigenvalue weighted by molar-refractivity contribution is -0.115. The quantitative estimate of drug-likeness (QED) is 0.379. The number of rotatable bonds is 1. The van der Waals surface area contributed by atoms with Crippen LogP contribution in [-0.2, 0) is 4.79 Å². The van der Waals surface area contributed by atoms with Crippen molar-refractivity contribution in [3.63, 3.8) is 0 Å². The lowest BCUT2D eigenvalue weighted by atomic mass is 10.1. The fourth-order valence-electron chi connectivity index (χ4n) is 0.698. The first-order valence-electron chi connectivity index (χ1n) is 3.06. The van der Waals surface area contributed by atoms with Crippen LogP contribution in [0.5, 0.6) is 0 Å². The minimum atomic E-state index is -0.407. The molecule has 4 nitrogen and oxygen atoms in total. The molecule has 1 fully saturated rings. The van der Waals surface area contributed by atoms with Gasteiger partial charge in [-0.3, -0.25) is 4.79 Å². The van der Waals surface area contributed by atoms with Crippen LogP contribution < -0.4 is 11.5 Å². The van der Waals surface area contributed by atoms with Gasteiger partial charge in [0, 0.05) is 0 Å². The molecule has 1 rings (SSSR count). The summed E-state index contributed by atoms with van der Waals surface area (Å²) in [6.07, 6.45) is 6.79. The third-order valence-electron chi connectivity index (χ3n) is 1.14. The molecule has 0 heterocycles. The van der Waals surface area contributed by atoms with E-state index in [1.807, 2.05) is 0 Å². The van der Waals surface area contributed by atoms with Crippen molar-refractivity contribution in [1.82, 2.24) is 0 Å². The molecule has 0 saturated heterocycles. The van der Waals surface area contributed by atoms with Gasteiger partial charge >= 0.3 is 0 Å². The highest BCUT2D eigenvalue weighted by Gasteiger charge is 2.24. The Labute approximate surface area is 65.7 Å². The molecule has 4 N–H and O–H groups in total. The molecule has 0 unspecified atom stereocenters. The SMILES string of the molecule is NC(N)=NC(=O)[C]1[CH][CH][CH][CH]1. The van der Waals surface area contributed by atoms with Gasteiger partial charge in [0.25, 0.3) is 5.91 Å². The maximum Gasteiger partial charge on any atom is 0.256 e. The van der Waals surface area contributed by atoms with E-state index in [-0.39, 0.29) is 5.96 Å². The van der Waals surface area contributed by atoms with Crippen molar-refractivity contribution in [2.45, 2.75) is 0 Å². The number of carbonyl (C=O) groups is 1. The topological polar surface area (TPSA) is 81.5 Å². The van der Waals surface area contributed by atoms with Crippen LogP contribution in [0.15, 0.2) is 4.99 Å². The molecule has 11 heavy (non-hydrogen) atoms. The summed E-state index contributed by atoms with van der Waals surface area (Å²) in [4.78, 5) is 14.3. The van der Waals surface area contributed by atoms with Crippen molar-refractivity contribution in [3.8, 4) is 0 Å². The number of nitrogens with two attached hydrogens (primary N) is 2. The van der Waals surface area contributed by atoms with Crippen molar-refractivity contribution < 1.29 is 4.79 Å². The molecule has 0 aromatic carbocycles. The number of amides is 1. The Morgan fingerprint density at radius 1 is 1.27 bits per heavy atom. The number of carbonyl (C=O) groups excluding carboxylic acids is 1. The molecular formula is C7H8N3O. The monoisotopic (exact) mass is 150 g/mol. The molecule has 5 radical (unpaired) electrons. The first-order valence-corrected chi connectivity index (χ1v) is 3.06. The summed E-state index contributed by atoms with van der Waals surface area (Å²) in [5.74, 6) is -0.121. The van der Waals surface area contributed by atoms with Crippen molar-refractivity contribution in [2.24, 2.45) is 16.5 Å². The van der Waals surface area contributed by atoms with Gasteiger partial charge in [-0.05, 0) is 25.7 Å². The standard InChI is InChI=1S/C7H8N3O/c8-7(9)10-6(11)5-3-1-2-4-5/h1-4H,(H4,8,9,10,11). The minimum Gasteiger partial charge on any atom is -0.370 e. The Hall–Kier alpha value is -1.06. The first-order chi connectivity index (χ1) is 5.20. The predicted octanol–water partition coefficient (Wildman–Crippen LogP) is -0.808. The van der Waals surface area contributed by atoms with Crippen LogP contribution in [0, 0.1) is 31.6 Å². The van der Waals surface area contributed by atoms with E-state index >= 15 is 0 Å². The second kappa shape index (κ2) is 3.37. The van der Waals surface area contributed by atoms with Crippen molar-refractivity contribution >= 4 is 11.9 Å². The van der Waals surface area contributed by atoms with Crippen LogP contribution in [0.2, 0.25) is 0 Å². The molecule has 0 spiro atoms. The molecular weight excluding hydrogens is 142 g/mol. The van der Waals surface area contributed by atoms with E-state index in [0.717, 1.165) is 0 Å². The molecule has 1 saturated carbocycles. The molecule has 0 aromatic rings. The van der Waals surface area contributed by atoms with Gasteiger partial charge in [0.05, 0.1) is 5.92 Å². The maximum atomic E-state index is 11.0. The molecule has 0 aromatic heterocycles. The Bertz CT molecular complexity index is 178. The van der Waals surface area contributed by atoms with E-state index < -0.39 is 5.91 Å². The lowest BCUT2D eigenvalue weighted by Crippen LogP contribution is -2.25. The highest BCUT2D eigenvalue weighted by Crippen LogP contribution is 2.23. The highest BCUT2D eigenvalue weighted by atomic mass is 16.1. The Kier molecular flexibility index (Phi) is 2.46. The summed E-state index contributed by atoms with van der Waals surface area (Å²) in [6, 6.07) is 0. The van der Waals surface area contributed by atoms with Crippen LogP contribution in [0.25, 0.3) is 0 Å². The van der Waals surface area contributed by atoms with Crippen LogP contribution in [-0.4, -0.2) is 11.9 Å². The fraction of sp³-hybridized carbons (Fsp3) is 0. The molecule has 0 aliphatic heterocycles. The third-order valence-corrected chi connectivity index (χ3v) is 1.14. The van der Waals surface area contributed by atoms with E-state index in [0.29, 0.717) is 5.92 Å². The number of hydrogen-bond acceptors (Lipinski definition) is 1. The Morgan fingerprint density at radius 3 is 2.27 bits per heavy atom. The number of aliphatic imine (C=N–C) groups is 1. The largest absolute Gasteiger partial charge is 0.370 e. The summed E-state index contributed by atoms with van der Waals surface area (Å²) >= 11 is 0. The van der Waals surface area contributed by atoms with Gasteiger partial charge in [-0.25, -0.2) is 0 Å². The van der Waals surface area contributed by atoms with Gasteiger partial charge < -0.3 is 11.5 Å². The Balaban J connectivity index is 2.47. The van der Waals surface area contributed by atoms with Gasteiger partial charge in [-0.15, -0.1) is 0 Å². The van der Waals surface area contributed by atoms with E-state index in [1.165, 1.54) is 0 Å². The van der Waals surface area contributed by atoms with Crippen LogP contribution in [0.1, 0.15) is 0 Å². The fourth-order valence-corrected chi connectivity index (χ4v) is 0.698. The van der Waals surface area contributed by atoms with Gasteiger partial charge in [0.1, 0.15) is 0 Å². The smallest absolute Gasteiger partial charge is 0.256 e. The van der Waals surface area contributed by atoms with Gasteiger partial charge in [0.2, 0.25) is 0 Å². The molecule has 0 atom stereocenters. The van der Waals surface area contributed by atoms with E-state index in [2.05, 4.69) is 4.99 Å². The minimum absolute atomic E-state index is 0.212. The summed E-state index contributed by atoms with van der Waals surface area (Å²) in [5, 5.41) is 0. The van der Waals surface area contributed by atoms with E-state index in [4.69, 9.17) is 11.5 Å². The normalized spacial score (nSPS) is 18.2. The maximum absolute atomic E-state index is 11.0. The van der Waals surface area contributed by atoms with E-state index in [1.54, 1.807) is 25.7 Å². The first kappa shape index (κ1) is 8.04. The second-order valence-corrected chi connectivity index (χ2v) is 2.02. The van der Waals surface area contributed by atoms with Crippen molar-refractivity contribution in [1.29, 1.82) is 0 Å². The summed E-state index contributed by atoms with van der Waals surface area (Å²) in [7, 11) is 0. The highest BCUT2D eigenvalue weighted by molar-refractivity contribution is 6.02. The summed E-state index contributed by atoms with van der Waals surface area (Å²) in [6.45, 7) is 0. The van der Waals surface area contributed by atoms with E-state index in [9.17, 15) is 4.79 Å². The average Bonchev–Trinajstić information content (AvgIpc) is 2.35. The molecule has 1 amide bonds. The predicted molar refractivity (Wildman–Crippen MR) is 41.3 cm³/mol. The zero-order valence-electron chi connectivity index (χ0n) is 5.82. The molecule has 57 valence electrons. The number of nitrogens with zero attached hydrogens (tertiary/aromatic N) is 1. The zero-order valence-corrected chi connectivity index (χ0v) is 5.82. The number of hydrogen-bond donors (Lipinski definition) is 2. The second-order valence-electron chi connectivity index (χ2n) is 2.02. The number of guanidine groups is 1. The average molecular weight is 150 g/mol. The van der Waals surface area contributed by atoms with Gasteiger partial charge in [-0.1, -0.05) is 0 Å². The van der Waals surface area contributed by atoms with Gasteiger partial charge in [-0.2, -0.15) is 4.99 Å². The van der Waals surface area contributed by atoms with Crippen LogP contribution in [0.3, 0.4) is 0 Å². The summed E-state index contributed by atoms with van der Waals surface area (Å²) < 4.78 is 0. The zero-order chi connectivity index (χ0) is 8.27.